The summed E-state index contributed by atoms with van der Waals surface area (Å²) in [5.74, 6) is -0.174. The molecule has 2 saturated heterocycles. The fraction of sp³-hybridized carbons (Fsp3) is 0.600. The topological polar surface area (TPSA) is 53.1 Å². The zero-order chi connectivity index (χ0) is 19.6. The van der Waals surface area contributed by atoms with Gasteiger partial charge >= 0.3 is 0 Å². The van der Waals surface area contributed by atoms with Crippen molar-refractivity contribution >= 4 is 11.8 Å². The van der Waals surface area contributed by atoms with Gasteiger partial charge in [0.15, 0.2) is 0 Å². The number of benzene rings is 1. The third-order valence-electron chi connectivity index (χ3n) is 5.50. The van der Waals surface area contributed by atoms with Crippen LogP contribution in [0.5, 0.6) is 0 Å². The average molecular weight is 377 g/mol. The Balaban J connectivity index is 1.63. The van der Waals surface area contributed by atoms with Crippen molar-refractivity contribution in [1.82, 2.24) is 14.7 Å². The first kappa shape index (κ1) is 19.8. The highest BCUT2D eigenvalue weighted by molar-refractivity contribution is 5.79. The quantitative estimate of drug-likeness (QED) is 0.804. The number of carbonyl (C=O) groups excluding carboxylic acids is 2. The normalized spacial score (nSPS) is 23.3. The highest BCUT2D eigenvalue weighted by Crippen LogP contribution is 2.30. The first-order chi connectivity index (χ1) is 12.8. The van der Waals surface area contributed by atoms with Crippen LogP contribution in [0.25, 0.3) is 0 Å². The lowest BCUT2D eigenvalue weighted by atomic mass is 9.98. The maximum atomic E-state index is 13.6. The second-order valence-corrected chi connectivity index (χ2v) is 7.93. The van der Waals surface area contributed by atoms with Crippen LogP contribution in [0.2, 0.25) is 0 Å². The van der Waals surface area contributed by atoms with Crippen molar-refractivity contribution in [1.29, 1.82) is 0 Å². The van der Waals surface area contributed by atoms with Crippen molar-refractivity contribution < 1.29 is 18.7 Å². The van der Waals surface area contributed by atoms with Gasteiger partial charge in [0.05, 0.1) is 19.3 Å². The minimum atomic E-state index is -0.285. The van der Waals surface area contributed by atoms with Crippen LogP contribution < -0.4 is 0 Å². The number of hydrogen-bond acceptors (Lipinski definition) is 4. The summed E-state index contributed by atoms with van der Waals surface area (Å²) in [6.45, 7) is 9.26. The van der Waals surface area contributed by atoms with Gasteiger partial charge in [-0.2, -0.15) is 0 Å². The van der Waals surface area contributed by atoms with Gasteiger partial charge in [0.2, 0.25) is 11.8 Å². The summed E-state index contributed by atoms with van der Waals surface area (Å²) in [5.41, 5.74) is 0.513. The lowest BCUT2D eigenvalue weighted by Gasteiger charge is -2.46. The molecule has 2 aliphatic rings. The molecular formula is C20H28FN3O3. The van der Waals surface area contributed by atoms with Crippen LogP contribution in [0.15, 0.2) is 24.3 Å². The Kier molecular flexibility index (Phi) is 5.81. The highest BCUT2D eigenvalue weighted by atomic mass is 19.1. The second kappa shape index (κ2) is 7.94. The molecule has 27 heavy (non-hydrogen) atoms. The summed E-state index contributed by atoms with van der Waals surface area (Å²) >= 11 is 0. The van der Waals surface area contributed by atoms with Crippen molar-refractivity contribution in [3.63, 3.8) is 0 Å². The van der Waals surface area contributed by atoms with E-state index in [1.165, 1.54) is 12.1 Å². The molecule has 0 aliphatic carbocycles. The molecular weight excluding hydrogens is 349 g/mol. The molecule has 1 aromatic carbocycles. The van der Waals surface area contributed by atoms with Crippen molar-refractivity contribution in [2.45, 2.75) is 32.4 Å². The molecule has 1 unspecified atom stereocenters. The van der Waals surface area contributed by atoms with E-state index < -0.39 is 0 Å². The van der Waals surface area contributed by atoms with Gasteiger partial charge in [0.25, 0.3) is 0 Å². The molecule has 1 aromatic rings. The lowest BCUT2D eigenvalue weighted by molar-refractivity contribution is -0.146. The Morgan fingerprint density at radius 3 is 2.48 bits per heavy atom. The molecule has 2 heterocycles. The van der Waals surface area contributed by atoms with Crippen LogP contribution in [0.3, 0.4) is 0 Å². The van der Waals surface area contributed by atoms with Crippen LogP contribution in [-0.4, -0.2) is 77.9 Å². The van der Waals surface area contributed by atoms with Crippen LogP contribution >= 0.6 is 0 Å². The third-order valence-corrected chi connectivity index (χ3v) is 5.50. The molecule has 0 spiro atoms. The van der Waals surface area contributed by atoms with Crippen LogP contribution in [-0.2, 0) is 14.3 Å². The van der Waals surface area contributed by atoms with Gasteiger partial charge in [-0.05, 0) is 31.5 Å². The van der Waals surface area contributed by atoms with Crippen molar-refractivity contribution in [3.8, 4) is 0 Å². The minimum absolute atomic E-state index is 0.0503. The van der Waals surface area contributed by atoms with E-state index in [-0.39, 0.29) is 29.3 Å². The first-order valence-corrected chi connectivity index (χ1v) is 9.42. The largest absolute Gasteiger partial charge is 0.370 e. The number of rotatable bonds is 3. The summed E-state index contributed by atoms with van der Waals surface area (Å²) in [6, 6.07) is 6.44. The van der Waals surface area contributed by atoms with Crippen LogP contribution in [0.1, 0.15) is 32.4 Å². The van der Waals surface area contributed by atoms with Crippen molar-refractivity contribution in [2.75, 3.05) is 45.9 Å². The number of carbonyl (C=O) groups is 2. The smallest absolute Gasteiger partial charge is 0.236 e. The van der Waals surface area contributed by atoms with Crippen molar-refractivity contribution in [2.24, 2.45) is 0 Å². The zero-order valence-electron chi connectivity index (χ0n) is 16.3. The van der Waals surface area contributed by atoms with E-state index in [0.717, 1.165) is 5.56 Å². The Labute approximate surface area is 159 Å². The van der Waals surface area contributed by atoms with Gasteiger partial charge in [-0.15, -0.1) is 0 Å². The second-order valence-electron chi connectivity index (χ2n) is 7.93. The van der Waals surface area contributed by atoms with E-state index in [1.807, 2.05) is 11.0 Å². The predicted octanol–water partition coefficient (Wildman–Crippen LogP) is 1.67. The van der Waals surface area contributed by atoms with Crippen LogP contribution in [0.4, 0.5) is 4.39 Å². The lowest BCUT2D eigenvalue weighted by Crippen LogP contribution is -2.58. The molecule has 2 fully saturated rings. The molecule has 0 N–H and O–H groups in total. The maximum absolute atomic E-state index is 13.6. The Hall–Kier alpha value is -1.99. The summed E-state index contributed by atoms with van der Waals surface area (Å²) in [5, 5.41) is 0. The summed E-state index contributed by atoms with van der Waals surface area (Å²) in [4.78, 5) is 30.0. The van der Waals surface area contributed by atoms with Crippen LogP contribution in [0, 0.1) is 5.82 Å². The van der Waals surface area contributed by atoms with Gasteiger partial charge < -0.3 is 14.5 Å². The average Bonchev–Trinajstić information content (AvgIpc) is 2.63. The Morgan fingerprint density at radius 1 is 1.19 bits per heavy atom. The van der Waals surface area contributed by atoms with E-state index in [1.54, 1.807) is 17.9 Å². The number of morpholine rings is 1. The number of amides is 2. The Morgan fingerprint density at radius 2 is 1.85 bits per heavy atom. The fourth-order valence-electron chi connectivity index (χ4n) is 3.62. The van der Waals surface area contributed by atoms with Crippen molar-refractivity contribution in [3.05, 3.63) is 35.6 Å². The summed E-state index contributed by atoms with van der Waals surface area (Å²) < 4.78 is 19.5. The number of piperazine rings is 1. The molecule has 1 atom stereocenters. The van der Waals surface area contributed by atoms with Gasteiger partial charge in [0.1, 0.15) is 5.82 Å². The molecule has 6 nitrogen and oxygen atoms in total. The zero-order valence-corrected chi connectivity index (χ0v) is 16.3. The molecule has 7 heteroatoms. The highest BCUT2D eigenvalue weighted by Gasteiger charge is 2.37. The maximum Gasteiger partial charge on any atom is 0.236 e. The molecule has 2 aliphatic heterocycles. The standard InChI is InChI=1S/C20H28FN3O3/c1-15(25)22-7-9-23(10-8-22)19(26)13-24-12-18(27-14-20(24,2)3)16-5-4-6-17(21)11-16/h4-6,11,18H,7-10,12-14H2,1-3H3. The number of ether oxygens (including phenoxy) is 1. The SMILES string of the molecule is CC(=O)N1CCN(C(=O)CN2CC(c3cccc(F)c3)OCC2(C)C)CC1. The third kappa shape index (κ3) is 4.65. The van der Waals surface area contributed by atoms with E-state index in [4.69, 9.17) is 4.74 Å². The molecule has 0 aromatic heterocycles. The Bertz CT molecular complexity index is 701. The number of hydrogen-bond donors (Lipinski definition) is 0. The van der Waals surface area contributed by atoms with E-state index in [0.29, 0.717) is 45.9 Å². The molecule has 0 saturated carbocycles. The van der Waals surface area contributed by atoms with Gasteiger partial charge in [0, 0.05) is 45.2 Å². The summed E-state index contributed by atoms with van der Waals surface area (Å²) in [7, 11) is 0. The molecule has 3 rings (SSSR count). The minimum Gasteiger partial charge on any atom is -0.370 e. The first-order valence-electron chi connectivity index (χ1n) is 9.42. The van der Waals surface area contributed by atoms with E-state index in [9.17, 15) is 14.0 Å². The summed E-state index contributed by atoms with van der Waals surface area (Å²) in [6.07, 6.45) is -0.254. The molecule has 2 amide bonds. The van der Waals surface area contributed by atoms with E-state index in [2.05, 4.69) is 18.7 Å². The van der Waals surface area contributed by atoms with E-state index >= 15 is 0 Å². The molecule has 0 radical (unpaired) electrons. The molecule has 0 bridgehead atoms. The monoisotopic (exact) mass is 377 g/mol. The number of halogens is 1. The fourth-order valence-corrected chi connectivity index (χ4v) is 3.62. The van der Waals surface area contributed by atoms with Gasteiger partial charge in [-0.3, -0.25) is 14.5 Å². The van der Waals surface area contributed by atoms with Gasteiger partial charge in [-0.1, -0.05) is 12.1 Å². The molecule has 148 valence electrons. The number of nitrogens with zero attached hydrogens (tertiary/aromatic N) is 3. The predicted molar refractivity (Wildman–Crippen MR) is 99.6 cm³/mol. The van der Waals surface area contributed by atoms with Gasteiger partial charge in [-0.25, -0.2) is 4.39 Å².